The standard InChI is InChI=1S/C18H22INO/c1-3-18(20-4-2)15-7-11-17(12-8-15)21-13-14-5-9-16(19)10-6-14/h5-12,18,20H,3-4,13H2,1-2H3. The van der Waals surface area contributed by atoms with Crippen LogP contribution in [0, 0.1) is 3.57 Å². The third-order valence-corrected chi connectivity index (χ3v) is 4.18. The average Bonchev–Trinajstić information content (AvgIpc) is 2.53. The number of ether oxygens (including phenoxy) is 1. The van der Waals surface area contributed by atoms with Crippen LogP contribution in [0.3, 0.4) is 0 Å². The molecule has 1 atom stereocenters. The Hall–Kier alpha value is -1.07. The summed E-state index contributed by atoms with van der Waals surface area (Å²) in [5.41, 5.74) is 2.51. The number of benzene rings is 2. The summed E-state index contributed by atoms with van der Waals surface area (Å²) in [7, 11) is 0. The maximum atomic E-state index is 5.84. The van der Waals surface area contributed by atoms with E-state index in [1.165, 1.54) is 14.7 Å². The van der Waals surface area contributed by atoms with Crippen LogP contribution in [0.5, 0.6) is 5.75 Å². The van der Waals surface area contributed by atoms with E-state index < -0.39 is 0 Å². The van der Waals surface area contributed by atoms with Crippen LogP contribution in [0.25, 0.3) is 0 Å². The second kappa shape index (κ2) is 8.39. The molecule has 0 radical (unpaired) electrons. The monoisotopic (exact) mass is 395 g/mol. The molecule has 0 saturated carbocycles. The van der Waals surface area contributed by atoms with E-state index in [4.69, 9.17) is 4.74 Å². The number of rotatable bonds is 7. The van der Waals surface area contributed by atoms with Gasteiger partial charge in [0.1, 0.15) is 12.4 Å². The van der Waals surface area contributed by atoms with Crippen LogP contribution in [0.2, 0.25) is 0 Å². The Morgan fingerprint density at radius 2 is 1.67 bits per heavy atom. The van der Waals surface area contributed by atoms with Gasteiger partial charge in [-0.3, -0.25) is 0 Å². The molecule has 0 aliphatic carbocycles. The van der Waals surface area contributed by atoms with Gasteiger partial charge in [-0.15, -0.1) is 0 Å². The Labute approximate surface area is 141 Å². The summed E-state index contributed by atoms with van der Waals surface area (Å²) in [4.78, 5) is 0. The lowest BCUT2D eigenvalue weighted by Gasteiger charge is -2.16. The molecule has 2 rings (SSSR count). The molecule has 1 N–H and O–H groups in total. The molecule has 0 heterocycles. The van der Waals surface area contributed by atoms with Crippen molar-refractivity contribution in [2.24, 2.45) is 0 Å². The fraction of sp³-hybridized carbons (Fsp3) is 0.333. The molecule has 2 aromatic carbocycles. The normalized spacial score (nSPS) is 12.1. The highest BCUT2D eigenvalue weighted by Gasteiger charge is 2.07. The quantitative estimate of drug-likeness (QED) is 0.672. The topological polar surface area (TPSA) is 21.3 Å². The van der Waals surface area contributed by atoms with Crippen molar-refractivity contribution in [3.05, 3.63) is 63.2 Å². The molecule has 0 amide bonds. The molecule has 112 valence electrons. The Kier molecular flexibility index (Phi) is 6.51. The van der Waals surface area contributed by atoms with E-state index in [1.807, 2.05) is 0 Å². The van der Waals surface area contributed by atoms with Gasteiger partial charge in [0.15, 0.2) is 0 Å². The van der Waals surface area contributed by atoms with Gasteiger partial charge >= 0.3 is 0 Å². The van der Waals surface area contributed by atoms with E-state index in [0.717, 1.165) is 18.7 Å². The summed E-state index contributed by atoms with van der Waals surface area (Å²) in [5, 5.41) is 3.49. The minimum absolute atomic E-state index is 0.431. The lowest BCUT2D eigenvalue weighted by Crippen LogP contribution is -2.19. The SMILES string of the molecule is CCNC(CC)c1ccc(OCc2ccc(I)cc2)cc1. The Morgan fingerprint density at radius 1 is 1.00 bits per heavy atom. The molecular weight excluding hydrogens is 373 g/mol. The summed E-state index contributed by atoms with van der Waals surface area (Å²) >= 11 is 2.31. The first-order chi connectivity index (χ1) is 10.2. The van der Waals surface area contributed by atoms with Crippen LogP contribution in [0.4, 0.5) is 0 Å². The molecule has 0 aromatic heterocycles. The highest BCUT2D eigenvalue weighted by molar-refractivity contribution is 14.1. The number of hydrogen-bond acceptors (Lipinski definition) is 2. The molecule has 0 fully saturated rings. The maximum absolute atomic E-state index is 5.84. The first-order valence-corrected chi connectivity index (χ1v) is 8.51. The predicted molar refractivity (Wildman–Crippen MR) is 96.6 cm³/mol. The molecule has 1 unspecified atom stereocenters. The molecule has 3 heteroatoms. The summed E-state index contributed by atoms with van der Waals surface area (Å²) in [5.74, 6) is 0.920. The van der Waals surface area contributed by atoms with Gasteiger partial charge in [-0.25, -0.2) is 0 Å². The van der Waals surface area contributed by atoms with Crippen molar-refractivity contribution in [2.45, 2.75) is 32.9 Å². The van der Waals surface area contributed by atoms with E-state index in [9.17, 15) is 0 Å². The van der Waals surface area contributed by atoms with Crippen molar-refractivity contribution in [1.29, 1.82) is 0 Å². The Balaban J connectivity index is 1.94. The molecule has 0 bridgehead atoms. The van der Waals surface area contributed by atoms with Gasteiger partial charge < -0.3 is 10.1 Å². The summed E-state index contributed by atoms with van der Waals surface area (Å²) in [6, 6.07) is 17.3. The zero-order chi connectivity index (χ0) is 15.1. The lowest BCUT2D eigenvalue weighted by molar-refractivity contribution is 0.306. The van der Waals surface area contributed by atoms with Gasteiger partial charge in [-0.2, -0.15) is 0 Å². The number of halogens is 1. The number of nitrogens with one attached hydrogen (secondary N) is 1. The first kappa shape index (κ1) is 16.3. The van der Waals surface area contributed by atoms with Crippen molar-refractivity contribution in [1.82, 2.24) is 5.32 Å². The molecule has 2 nitrogen and oxygen atoms in total. The van der Waals surface area contributed by atoms with Gasteiger partial charge in [0, 0.05) is 9.61 Å². The fourth-order valence-corrected chi connectivity index (χ4v) is 2.65. The second-order valence-electron chi connectivity index (χ2n) is 5.00. The van der Waals surface area contributed by atoms with E-state index in [2.05, 4.69) is 90.3 Å². The van der Waals surface area contributed by atoms with Crippen LogP contribution in [0.15, 0.2) is 48.5 Å². The van der Waals surface area contributed by atoms with Crippen molar-refractivity contribution in [2.75, 3.05) is 6.54 Å². The molecule has 0 aliphatic heterocycles. The van der Waals surface area contributed by atoms with E-state index in [1.54, 1.807) is 0 Å². The van der Waals surface area contributed by atoms with Crippen LogP contribution < -0.4 is 10.1 Å². The average molecular weight is 395 g/mol. The van der Waals surface area contributed by atoms with Crippen molar-refractivity contribution >= 4 is 22.6 Å². The van der Waals surface area contributed by atoms with Crippen LogP contribution in [0.1, 0.15) is 37.4 Å². The maximum Gasteiger partial charge on any atom is 0.119 e. The molecule has 0 saturated heterocycles. The van der Waals surface area contributed by atoms with Gasteiger partial charge in [-0.1, -0.05) is 38.1 Å². The molecular formula is C18H22INO. The third-order valence-electron chi connectivity index (χ3n) is 3.46. The Bertz CT molecular complexity index is 536. The van der Waals surface area contributed by atoms with Gasteiger partial charge in [0.05, 0.1) is 0 Å². The van der Waals surface area contributed by atoms with E-state index >= 15 is 0 Å². The smallest absolute Gasteiger partial charge is 0.119 e. The van der Waals surface area contributed by atoms with Gasteiger partial charge in [-0.05, 0) is 70.9 Å². The molecule has 21 heavy (non-hydrogen) atoms. The minimum Gasteiger partial charge on any atom is -0.489 e. The zero-order valence-electron chi connectivity index (χ0n) is 12.6. The zero-order valence-corrected chi connectivity index (χ0v) is 14.8. The molecule has 2 aromatic rings. The summed E-state index contributed by atoms with van der Waals surface area (Å²) < 4.78 is 7.08. The van der Waals surface area contributed by atoms with Crippen molar-refractivity contribution < 1.29 is 4.74 Å². The predicted octanol–water partition coefficient (Wildman–Crippen LogP) is 4.93. The van der Waals surface area contributed by atoms with E-state index in [-0.39, 0.29) is 0 Å². The first-order valence-electron chi connectivity index (χ1n) is 7.43. The third kappa shape index (κ3) is 5.00. The van der Waals surface area contributed by atoms with Crippen molar-refractivity contribution in [3.63, 3.8) is 0 Å². The van der Waals surface area contributed by atoms with Gasteiger partial charge in [0.2, 0.25) is 0 Å². The fourth-order valence-electron chi connectivity index (χ4n) is 2.29. The second-order valence-corrected chi connectivity index (χ2v) is 6.25. The molecule has 0 spiro atoms. The summed E-state index contributed by atoms with van der Waals surface area (Å²) in [6.45, 7) is 5.94. The summed E-state index contributed by atoms with van der Waals surface area (Å²) in [6.07, 6.45) is 1.09. The van der Waals surface area contributed by atoms with Crippen LogP contribution in [-0.2, 0) is 6.61 Å². The lowest BCUT2D eigenvalue weighted by atomic mass is 10.0. The van der Waals surface area contributed by atoms with Crippen LogP contribution >= 0.6 is 22.6 Å². The Morgan fingerprint density at radius 3 is 2.24 bits per heavy atom. The van der Waals surface area contributed by atoms with Crippen LogP contribution in [-0.4, -0.2) is 6.54 Å². The van der Waals surface area contributed by atoms with E-state index in [0.29, 0.717) is 12.6 Å². The minimum atomic E-state index is 0.431. The largest absolute Gasteiger partial charge is 0.489 e. The highest BCUT2D eigenvalue weighted by atomic mass is 127. The molecule has 0 aliphatic rings. The van der Waals surface area contributed by atoms with Gasteiger partial charge in [0.25, 0.3) is 0 Å². The van der Waals surface area contributed by atoms with Crippen molar-refractivity contribution in [3.8, 4) is 5.75 Å². The highest BCUT2D eigenvalue weighted by Crippen LogP contribution is 2.21. The number of hydrogen-bond donors (Lipinski definition) is 1.